The Kier molecular flexibility index (Phi) is 5.24. The number of nitrogen functional groups attached to an aromatic ring is 1. The second kappa shape index (κ2) is 6.23. The van der Waals surface area contributed by atoms with Crippen molar-refractivity contribution >= 4 is 17.6 Å². The SMILES string of the molecule is CC(C)(C)SCC(Cc1ccnc(N)c1)NN. The van der Waals surface area contributed by atoms with Crippen molar-refractivity contribution in [2.45, 2.75) is 38.0 Å². The van der Waals surface area contributed by atoms with E-state index in [1.54, 1.807) is 6.20 Å². The average Bonchev–Trinajstić information content (AvgIpc) is 2.23. The van der Waals surface area contributed by atoms with Gasteiger partial charge in [0.1, 0.15) is 5.82 Å². The Balaban J connectivity index is 2.52. The Bertz CT molecular complexity index is 349. The third kappa shape index (κ3) is 5.91. The molecule has 1 atom stereocenters. The van der Waals surface area contributed by atoms with Crippen molar-refractivity contribution < 1.29 is 0 Å². The van der Waals surface area contributed by atoms with Gasteiger partial charge in [-0.25, -0.2) is 4.98 Å². The monoisotopic (exact) mass is 254 g/mol. The number of aromatic nitrogens is 1. The van der Waals surface area contributed by atoms with Crippen molar-refractivity contribution in [3.8, 4) is 0 Å². The molecular formula is C12H22N4S. The lowest BCUT2D eigenvalue weighted by Crippen LogP contribution is -2.39. The quantitative estimate of drug-likeness (QED) is 0.549. The van der Waals surface area contributed by atoms with E-state index in [1.165, 1.54) is 0 Å². The highest BCUT2D eigenvalue weighted by Crippen LogP contribution is 2.24. The number of hydrazine groups is 1. The van der Waals surface area contributed by atoms with E-state index in [-0.39, 0.29) is 10.8 Å². The number of nitrogens with two attached hydrogens (primary N) is 2. The molecule has 96 valence electrons. The third-order valence-corrected chi connectivity index (χ3v) is 3.72. The van der Waals surface area contributed by atoms with E-state index in [4.69, 9.17) is 11.6 Å². The third-order valence-electron chi connectivity index (χ3n) is 2.28. The van der Waals surface area contributed by atoms with Crippen LogP contribution in [-0.4, -0.2) is 21.5 Å². The molecular weight excluding hydrogens is 232 g/mol. The lowest BCUT2D eigenvalue weighted by atomic mass is 10.1. The molecule has 0 spiro atoms. The van der Waals surface area contributed by atoms with Crippen LogP contribution in [0.25, 0.3) is 0 Å². The summed E-state index contributed by atoms with van der Waals surface area (Å²) in [6.45, 7) is 6.61. The van der Waals surface area contributed by atoms with Gasteiger partial charge in [0.2, 0.25) is 0 Å². The van der Waals surface area contributed by atoms with Crippen LogP contribution in [0.4, 0.5) is 5.82 Å². The second-order valence-electron chi connectivity index (χ2n) is 5.08. The Morgan fingerprint density at radius 1 is 1.47 bits per heavy atom. The zero-order valence-corrected chi connectivity index (χ0v) is 11.6. The van der Waals surface area contributed by atoms with E-state index < -0.39 is 0 Å². The van der Waals surface area contributed by atoms with Crippen LogP contribution in [0.2, 0.25) is 0 Å². The molecule has 1 aromatic heterocycles. The van der Waals surface area contributed by atoms with Crippen molar-refractivity contribution in [2.75, 3.05) is 11.5 Å². The maximum Gasteiger partial charge on any atom is 0.123 e. The first-order valence-electron chi connectivity index (χ1n) is 5.71. The number of rotatable bonds is 5. The minimum atomic E-state index is 0.251. The number of pyridine rings is 1. The molecule has 0 radical (unpaired) electrons. The van der Waals surface area contributed by atoms with Crippen LogP contribution in [0.3, 0.4) is 0 Å². The molecule has 5 heteroatoms. The van der Waals surface area contributed by atoms with E-state index in [1.807, 2.05) is 23.9 Å². The first-order valence-corrected chi connectivity index (χ1v) is 6.70. The number of hydrogen-bond acceptors (Lipinski definition) is 5. The highest BCUT2D eigenvalue weighted by atomic mass is 32.2. The largest absolute Gasteiger partial charge is 0.384 e. The summed E-state index contributed by atoms with van der Waals surface area (Å²) in [6.07, 6.45) is 2.60. The van der Waals surface area contributed by atoms with E-state index >= 15 is 0 Å². The van der Waals surface area contributed by atoms with Gasteiger partial charge < -0.3 is 5.73 Å². The molecule has 1 heterocycles. The summed E-state index contributed by atoms with van der Waals surface area (Å²) in [5, 5.41) is 0. The van der Waals surface area contributed by atoms with Crippen molar-refractivity contribution in [2.24, 2.45) is 5.84 Å². The van der Waals surface area contributed by atoms with Crippen LogP contribution < -0.4 is 17.0 Å². The van der Waals surface area contributed by atoms with Crippen molar-refractivity contribution in [3.63, 3.8) is 0 Å². The minimum absolute atomic E-state index is 0.251. The topological polar surface area (TPSA) is 77.0 Å². The summed E-state index contributed by atoms with van der Waals surface area (Å²) >= 11 is 1.90. The minimum Gasteiger partial charge on any atom is -0.384 e. The van der Waals surface area contributed by atoms with Gasteiger partial charge in [0, 0.05) is 22.7 Å². The molecule has 0 fully saturated rings. The number of hydrogen-bond donors (Lipinski definition) is 3. The molecule has 0 bridgehead atoms. The molecule has 0 saturated carbocycles. The zero-order valence-electron chi connectivity index (χ0n) is 10.7. The predicted octanol–water partition coefficient (Wildman–Crippen LogP) is 1.57. The molecule has 0 aliphatic rings. The van der Waals surface area contributed by atoms with Gasteiger partial charge in [0.15, 0.2) is 0 Å². The van der Waals surface area contributed by atoms with Crippen LogP contribution in [0.5, 0.6) is 0 Å². The van der Waals surface area contributed by atoms with Gasteiger partial charge in [-0.2, -0.15) is 11.8 Å². The van der Waals surface area contributed by atoms with E-state index in [2.05, 4.69) is 31.2 Å². The Morgan fingerprint density at radius 2 is 2.18 bits per heavy atom. The smallest absolute Gasteiger partial charge is 0.123 e. The molecule has 4 nitrogen and oxygen atoms in total. The highest BCUT2D eigenvalue weighted by Gasteiger charge is 2.15. The Labute approximate surface area is 108 Å². The molecule has 1 aromatic rings. The van der Waals surface area contributed by atoms with E-state index in [9.17, 15) is 0 Å². The number of anilines is 1. The first kappa shape index (κ1) is 14.3. The van der Waals surface area contributed by atoms with Crippen LogP contribution in [0, 0.1) is 0 Å². The standard InChI is InChI=1S/C12H22N4S/c1-12(2,3)17-8-10(16-14)6-9-4-5-15-11(13)7-9/h4-5,7,10,16H,6,8,14H2,1-3H3,(H2,13,15). The number of nitrogens with zero attached hydrogens (tertiary/aromatic N) is 1. The molecule has 1 unspecified atom stereocenters. The Hall–Kier alpha value is -0.780. The van der Waals surface area contributed by atoms with Gasteiger partial charge in [-0.05, 0) is 24.1 Å². The average molecular weight is 254 g/mol. The summed E-state index contributed by atoms with van der Waals surface area (Å²) in [4.78, 5) is 3.98. The second-order valence-corrected chi connectivity index (χ2v) is 6.93. The summed E-state index contributed by atoms with van der Waals surface area (Å²) in [6, 6.07) is 4.12. The highest BCUT2D eigenvalue weighted by molar-refractivity contribution is 8.00. The number of thioether (sulfide) groups is 1. The lowest BCUT2D eigenvalue weighted by molar-refractivity contribution is 0.573. The maximum absolute atomic E-state index is 5.65. The molecule has 0 amide bonds. The summed E-state index contributed by atoms with van der Waals surface area (Å²) in [7, 11) is 0. The molecule has 0 saturated heterocycles. The number of nitrogens with one attached hydrogen (secondary N) is 1. The normalized spacial score (nSPS) is 13.6. The van der Waals surface area contributed by atoms with Gasteiger partial charge in [0.25, 0.3) is 0 Å². The zero-order chi connectivity index (χ0) is 12.9. The summed E-state index contributed by atoms with van der Waals surface area (Å²) in [5.41, 5.74) is 9.67. The summed E-state index contributed by atoms with van der Waals surface area (Å²) in [5.74, 6) is 7.11. The van der Waals surface area contributed by atoms with E-state index in [0.29, 0.717) is 5.82 Å². The van der Waals surface area contributed by atoms with Crippen molar-refractivity contribution in [1.29, 1.82) is 0 Å². The van der Waals surface area contributed by atoms with Gasteiger partial charge in [-0.3, -0.25) is 11.3 Å². The van der Waals surface area contributed by atoms with Crippen LogP contribution in [-0.2, 0) is 6.42 Å². The van der Waals surface area contributed by atoms with E-state index in [0.717, 1.165) is 17.7 Å². The molecule has 17 heavy (non-hydrogen) atoms. The van der Waals surface area contributed by atoms with Crippen LogP contribution in [0.1, 0.15) is 26.3 Å². The summed E-state index contributed by atoms with van der Waals surface area (Å²) < 4.78 is 0.256. The fourth-order valence-corrected chi connectivity index (χ4v) is 2.34. The molecule has 0 aliphatic heterocycles. The predicted molar refractivity (Wildman–Crippen MR) is 75.7 cm³/mol. The molecule has 0 aromatic carbocycles. The lowest BCUT2D eigenvalue weighted by Gasteiger charge is -2.22. The maximum atomic E-state index is 5.65. The van der Waals surface area contributed by atoms with Gasteiger partial charge in [-0.1, -0.05) is 20.8 Å². The molecule has 1 rings (SSSR count). The first-order chi connectivity index (χ1) is 7.90. The Morgan fingerprint density at radius 3 is 2.71 bits per heavy atom. The fraction of sp³-hybridized carbons (Fsp3) is 0.583. The van der Waals surface area contributed by atoms with Crippen LogP contribution >= 0.6 is 11.8 Å². The molecule has 5 N–H and O–H groups in total. The molecule has 0 aliphatic carbocycles. The van der Waals surface area contributed by atoms with Crippen molar-refractivity contribution in [1.82, 2.24) is 10.4 Å². The van der Waals surface area contributed by atoms with Crippen LogP contribution in [0.15, 0.2) is 18.3 Å². The fourth-order valence-electron chi connectivity index (χ4n) is 1.42. The van der Waals surface area contributed by atoms with Crippen molar-refractivity contribution in [3.05, 3.63) is 23.9 Å². The van der Waals surface area contributed by atoms with Gasteiger partial charge >= 0.3 is 0 Å². The van der Waals surface area contributed by atoms with Gasteiger partial charge in [-0.15, -0.1) is 0 Å². The van der Waals surface area contributed by atoms with Gasteiger partial charge in [0.05, 0.1) is 0 Å².